The van der Waals surface area contributed by atoms with Crippen molar-refractivity contribution in [2.75, 3.05) is 6.54 Å². The van der Waals surface area contributed by atoms with Crippen LogP contribution in [0, 0.1) is 5.82 Å². The average Bonchev–Trinajstić information content (AvgIpc) is 3.27. The molecule has 3 nitrogen and oxygen atoms in total. The minimum absolute atomic E-state index is 0.0915. The van der Waals surface area contributed by atoms with E-state index in [-0.39, 0.29) is 24.3 Å². The zero-order valence-corrected chi connectivity index (χ0v) is 12.9. The number of amides is 1. The molecule has 0 saturated heterocycles. The van der Waals surface area contributed by atoms with Crippen molar-refractivity contribution in [2.45, 2.75) is 51.1 Å². The average molecular weight is 313 g/mol. The largest absolute Gasteiger partial charge is 0.335 e. The second kappa shape index (κ2) is 7.76. The molecule has 1 amide bonds. The predicted octanol–water partition coefficient (Wildman–Crippen LogP) is 3.49. The Hall–Kier alpha value is -1.13. The van der Waals surface area contributed by atoms with Crippen molar-refractivity contribution < 1.29 is 9.18 Å². The van der Waals surface area contributed by atoms with Gasteiger partial charge in [0.15, 0.2) is 0 Å². The molecule has 1 aliphatic rings. The lowest BCUT2D eigenvalue weighted by Gasteiger charge is -2.23. The zero-order chi connectivity index (χ0) is 15.2. The van der Waals surface area contributed by atoms with Gasteiger partial charge in [0.2, 0.25) is 5.91 Å². The van der Waals surface area contributed by atoms with Gasteiger partial charge < -0.3 is 10.6 Å². The van der Waals surface area contributed by atoms with Gasteiger partial charge >= 0.3 is 0 Å². The maximum atomic E-state index is 13.9. The third-order valence-electron chi connectivity index (χ3n) is 3.79. The lowest BCUT2D eigenvalue weighted by molar-refractivity contribution is -0.132. The molecule has 1 saturated carbocycles. The summed E-state index contributed by atoms with van der Waals surface area (Å²) >= 11 is 6.06. The highest BCUT2D eigenvalue weighted by Gasteiger charge is 2.33. The molecular weight excluding hydrogens is 291 g/mol. The molecule has 2 N–H and O–H groups in total. The molecule has 1 aromatic carbocycles. The lowest BCUT2D eigenvalue weighted by Crippen LogP contribution is -2.32. The van der Waals surface area contributed by atoms with E-state index in [0.717, 1.165) is 32.1 Å². The van der Waals surface area contributed by atoms with Gasteiger partial charge in [-0.05, 0) is 44.4 Å². The summed E-state index contributed by atoms with van der Waals surface area (Å²) < 4.78 is 13.9. The first-order valence-electron chi connectivity index (χ1n) is 7.56. The summed E-state index contributed by atoms with van der Waals surface area (Å²) in [5.41, 5.74) is 5.87. The fraction of sp³-hybridized carbons (Fsp3) is 0.562. The van der Waals surface area contributed by atoms with Gasteiger partial charge in [0.1, 0.15) is 5.82 Å². The Balaban J connectivity index is 1.97. The van der Waals surface area contributed by atoms with Crippen LogP contribution in [0.15, 0.2) is 18.2 Å². The standard InChI is InChI=1S/C16H22ClFN2O/c17-14-5-4-6-15(18)13(14)11-20(12-8-9-12)16(21)7-2-1-3-10-19/h4-6,12H,1-3,7-11,19H2. The molecular formula is C16H22ClFN2O. The highest BCUT2D eigenvalue weighted by Crippen LogP contribution is 2.31. The highest BCUT2D eigenvalue weighted by atomic mass is 35.5. The summed E-state index contributed by atoms with van der Waals surface area (Å²) in [4.78, 5) is 14.1. The summed E-state index contributed by atoms with van der Waals surface area (Å²) in [5.74, 6) is -0.252. The summed E-state index contributed by atoms with van der Waals surface area (Å²) in [5, 5.41) is 0.386. The fourth-order valence-electron chi connectivity index (χ4n) is 2.40. The Morgan fingerprint density at radius 2 is 2.10 bits per heavy atom. The van der Waals surface area contributed by atoms with Crippen LogP contribution >= 0.6 is 11.6 Å². The van der Waals surface area contributed by atoms with Crippen LogP contribution in [0.1, 0.15) is 44.1 Å². The van der Waals surface area contributed by atoms with Crippen LogP contribution in [-0.4, -0.2) is 23.4 Å². The molecule has 1 aromatic rings. The van der Waals surface area contributed by atoms with Crippen molar-refractivity contribution in [1.29, 1.82) is 0 Å². The molecule has 1 fully saturated rings. The van der Waals surface area contributed by atoms with Gasteiger partial charge in [0.25, 0.3) is 0 Å². The first-order chi connectivity index (χ1) is 10.1. The Morgan fingerprint density at radius 1 is 1.33 bits per heavy atom. The molecule has 0 unspecified atom stereocenters. The number of halogens is 2. The summed E-state index contributed by atoms with van der Waals surface area (Å²) in [6.07, 6.45) is 5.24. The van der Waals surface area contributed by atoms with Gasteiger partial charge in [-0.15, -0.1) is 0 Å². The van der Waals surface area contributed by atoms with E-state index in [0.29, 0.717) is 23.6 Å². The van der Waals surface area contributed by atoms with E-state index < -0.39 is 0 Å². The van der Waals surface area contributed by atoms with Crippen LogP contribution in [0.5, 0.6) is 0 Å². The van der Waals surface area contributed by atoms with Crippen molar-refractivity contribution in [2.24, 2.45) is 5.73 Å². The number of carbonyl (C=O) groups excluding carboxylic acids is 1. The van der Waals surface area contributed by atoms with E-state index in [2.05, 4.69) is 0 Å². The topological polar surface area (TPSA) is 46.3 Å². The Bertz CT molecular complexity index is 471. The van der Waals surface area contributed by atoms with Gasteiger partial charge in [0.05, 0.1) is 6.54 Å². The normalized spacial score (nSPS) is 14.2. The SMILES string of the molecule is NCCCCCC(=O)N(Cc1c(F)cccc1Cl)C1CC1. The number of hydrogen-bond donors (Lipinski definition) is 1. The molecule has 0 bridgehead atoms. The van der Waals surface area contributed by atoms with Gasteiger partial charge in [-0.1, -0.05) is 24.1 Å². The van der Waals surface area contributed by atoms with Gasteiger partial charge in [-0.25, -0.2) is 4.39 Å². The lowest BCUT2D eigenvalue weighted by atomic mass is 10.1. The maximum Gasteiger partial charge on any atom is 0.223 e. The minimum Gasteiger partial charge on any atom is -0.335 e. The molecule has 1 aliphatic carbocycles. The zero-order valence-electron chi connectivity index (χ0n) is 12.2. The highest BCUT2D eigenvalue weighted by molar-refractivity contribution is 6.31. The summed E-state index contributed by atoms with van der Waals surface area (Å²) in [6.45, 7) is 0.928. The van der Waals surface area contributed by atoms with E-state index in [1.165, 1.54) is 6.07 Å². The molecule has 0 aromatic heterocycles. The molecule has 0 atom stereocenters. The molecule has 5 heteroatoms. The third-order valence-corrected chi connectivity index (χ3v) is 4.15. The molecule has 0 radical (unpaired) electrons. The molecule has 0 heterocycles. The van der Waals surface area contributed by atoms with Crippen molar-refractivity contribution >= 4 is 17.5 Å². The second-order valence-corrected chi connectivity index (χ2v) is 5.96. The number of benzene rings is 1. The third kappa shape index (κ3) is 4.68. The van der Waals surface area contributed by atoms with Crippen LogP contribution in [0.4, 0.5) is 4.39 Å². The molecule has 116 valence electrons. The molecule has 0 aliphatic heterocycles. The van der Waals surface area contributed by atoms with Gasteiger partial charge in [-0.3, -0.25) is 4.79 Å². The van der Waals surface area contributed by atoms with Crippen molar-refractivity contribution in [3.05, 3.63) is 34.6 Å². The van der Waals surface area contributed by atoms with Crippen LogP contribution in [0.25, 0.3) is 0 Å². The number of nitrogens with two attached hydrogens (primary N) is 1. The first kappa shape index (κ1) is 16.2. The van der Waals surface area contributed by atoms with Crippen LogP contribution in [0.3, 0.4) is 0 Å². The van der Waals surface area contributed by atoms with Gasteiger partial charge in [-0.2, -0.15) is 0 Å². The van der Waals surface area contributed by atoms with Gasteiger partial charge in [0, 0.05) is 23.0 Å². The predicted molar refractivity (Wildman–Crippen MR) is 82.5 cm³/mol. The van der Waals surface area contributed by atoms with Crippen molar-refractivity contribution in [3.63, 3.8) is 0 Å². The number of carbonyl (C=O) groups is 1. The Labute approximate surface area is 130 Å². The monoisotopic (exact) mass is 312 g/mol. The number of nitrogens with zero attached hydrogens (tertiary/aromatic N) is 1. The number of hydrogen-bond acceptors (Lipinski definition) is 2. The Kier molecular flexibility index (Phi) is 6.00. The Morgan fingerprint density at radius 3 is 2.71 bits per heavy atom. The first-order valence-corrected chi connectivity index (χ1v) is 7.93. The summed E-state index contributed by atoms with van der Waals surface area (Å²) in [6, 6.07) is 4.88. The van der Waals surface area contributed by atoms with E-state index in [1.54, 1.807) is 17.0 Å². The van der Waals surface area contributed by atoms with E-state index in [4.69, 9.17) is 17.3 Å². The van der Waals surface area contributed by atoms with E-state index >= 15 is 0 Å². The number of rotatable bonds is 8. The smallest absolute Gasteiger partial charge is 0.223 e. The molecule has 2 rings (SSSR count). The summed E-state index contributed by atoms with van der Waals surface area (Å²) in [7, 11) is 0. The fourth-order valence-corrected chi connectivity index (χ4v) is 2.62. The number of unbranched alkanes of at least 4 members (excludes halogenated alkanes) is 2. The minimum atomic E-state index is -0.343. The van der Waals surface area contributed by atoms with E-state index in [1.807, 2.05) is 0 Å². The molecule has 21 heavy (non-hydrogen) atoms. The quantitative estimate of drug-likeness (QED) is 0.747. The van der Waals surface area contributed by atoms with Crippen LogP contribution in [-0.2, 0) is 11.3 Å². The maximum absolute atomic E-state index is 13.9. The van der Waals surface area contributed by atoms with Crippen molar-refractivity contribution in [1.82, 2.24) is 4.90 Å². The molecule has 0 spiro atoms. The second-order valence-electron chi connectivity index (χ2n) is 5.55. The van der Waals surface area contributed by atoms with Crippen LogP contribution < -0.4 is 5.73 Å². The van der Waals surface area contributed by atoms with Crippen LogP contribution in [0.2, 0.25) is 5.02 Å². The van der Waals surface area contributed by atoms with E-state index in [9.17, 15) is 9.18 Å². The van der Waals surface area contributed by atoms with Crippen molar-refractivity contribution in [3.8, 4) is 0 Å².